The Morgan fingerprint density at radius 1 is 1.00 bits per heavy atom. The number of carbonyl (C=O) groups excluding carboxylic acids is 1. The third kappa shape index (κ3) is 7.75. The molecule has 1 saturated heterocycles. The topological polar surface area (TPSA) is 121 Å². The second-order valence-electron chi connectivity index (χ2n) is 12.3. The van der Waals surface area contributed by atoms with Crippen LogP contribution in [0.3, 0.4) is 0 Å². The second-order valence-corrected chi connectivity index (χ2v) is 13.6. The monoisotopic (exact) mass is 754 g/mol. The number of rotatable bonds is 9. The van der Waals surface area contributed by atoms with E-state index in [1.807, 2.05) is 53.3 Å². The molecule has 4 aromatic carbocycles. The van der Waals surface area contributed by atoms with Crippen LogP contribution in [0.25, 0.3) is 10.9 Å². The summed E-state index contributed by atoms with van der Waals surface area (Å²) in [6, 6.07) is 26.3. The molecule has 3 heterocycles. The lowest BCUT2D eigenvalue weighted by molar-refractivity contribution is 0.0820. The first-order valence-electron chi connectivity index (χ1n) is 16.4. The van der Waals surface area contributed by atoms with Crippen molar-refractivity contribution in [1.29, 1.82) is 5.26 Å². The highest BCUT2D eigenvalue weighted by atomic mass is 35.5. The van der Waals surface area contributed by atoms with E-state index in [-0.39, 0.29) is 29.3 Å². The largest absolute Gasteiger partial charge is 0.445 e. The minimum absolute atomic E-state index is 0.0250. The molecule has 52 heavy (non-hydrogen) atoms. The van der Waals surface area contributed by atoms with Crippen LogP contribution in [-0.4, -0.2) is 44.1 Å². The zero-order chi connectivity index (χ0) is 36.2. The molecule has 14 heteroatoms. The lowest BCUT2D eigenvalue weighted by atomic mass is 10.0. The van der Waals surface area contributed by atoms with E-state index < -0.39 is 11.9 Å². The van der Waals surface area contributed by atoms with Gasteiger partial charge in [0.1, 0.15) is 24.2 Å². The molecule has 0 aliphatic carbocycles. The number of fused-ring (bicyclic) bond motifs is 1. The zero-order valence-electron chi connectivity index (χ0n) is 27.4. The third-order valence-corrected chi connectivity index (χ3v) is 9.63. The number of piperidine rings is 1. The molecule has 0 saturated carbocycles. The van der Waals surface area contributed by atoms with Gasteiger partial charge in [0.15, 0.2) is 0 Å². The Balaban J connectivity index is 1.15. The fourth-order valence-corrected chi connectivity index (χ4v) is 6.70. The van der Waals surface area contributed by atoms with Gasteiger partial charge in [-0.05, 0) is 66.4 Å². The highest BCUT2D eigenvalue weighted by Gasteiger charge is 2.27. The summed E-state index contributed by atoms with van der Waals surface area (Å²) in [6.45, 7) is 1.28. The quantitative estimate of drug-likeness (QED) is 0.150. The van der Waals surface area contributed by atoms with Crippen molar-refractivity contribution < 1.29 is 13.9 Å². The van der Waals surface area contributed by atoms with E-state index in [1.54, 1.807) is 29.2 Å². The van der Waals surface area contributed by atoms with Crippen LogP contribution in [0.2, 0.25) is 15.1 Å². The van der Waals surface area contributed by atoms with E-state index in [0.717, 1.165) is 11.1 Å². The molecule has 1 aliphatic rings. The van der Waals surface area contributed by atoms with E-state index in [9.17, 15) is 14.4 Å². The number of likely N-dealkylation sites (tertiary alicyclic amines) is 1. The first kappa shape index (κ1) is 35.0. The Hall–Kier alpha value is -5.41. The molecule has 0 radical (unpaired) electrons. The van der Waals surface area contributed by atoms with Gasteiger partial charge in [0.05, 0.1) is 45.8 Å². The maximum absolute atomic E-state index is 13.9. The number of carbonyl (C=O) groups is 1. The number of nitrogens with zero attached hydrogens (tertiary/aromatic N) is 6. The Bertz CT molecular complexity index is 2270. The van der Waals surface area contributed by atoms with Gasteiger partial charge in [-0.15, -0.1) is 5.10 Å². The summed E-state index contributed by atoms with van der Waals surface area (Å²) in [5.74, 6) is -0.559. The molecule has 0 unspecified atom stereocenters. The van der Waals surface area contributed by atoms with Crippen molar-refractivity contribution in [3.05, 3.63) is 141 Å². The van der Waals surface area contributed by atoms with Crippen LogP contribution in [0, 0.1) is 17.1 Å². The minimum Gasteiger partial charge on any atom is -0.445 e. The summed E-state index contributed by atoms with van der Waals surface area (Å²) in [5, 5.41) is 27.3. The molecule has 6 aromatic rings. The van der Waals surface area contributed by atoms with Crippen LogP contribution in [0.1, 0.15) is 47.3 Å². The van der Waals surface area contributed by atoms with E-state index in [1.165, 1.54) is 24.4 Å². The van der Waals surface area contributed by atoms with Crippen molar-refractivity contribution in [2.24, 2.45) is 0 Å². The number of nitrogens with one attached hydrogen (secondary N) is 2. The molecular formula is C38H30Cl3FN8O2. The van der Waals surface area contributed by atoms with Crippen LogP contribution < -0.4 is 10.6 Å². The minimum atomic E-state index is -0.559. The van der Waals surface area contributed by atoms with E-state index in [2.05, 4.69) is 32.0 Å². The Morgan fingerprint density at radius 3 is 2.50 bits per heavy atom. The van der Waals surface area contributed by atoms with Gasteiger partial charge in [-0.1, -0.05) is 82.5 Å². The number of hydrogen-bond acceptors (Lipinski definition) is 8. The molecule has 1 fully saturated rings. The van der Waals surface area contributed by atoms with Crippen molar-refractivity contribution in [3.63, 3.8) is 0 Å². The molecular weight excluding hydrogens is 726 g/mol. The van der Waals surface area contributed by atoms with Gasteiger partial charge in [-0.2, -0.15) is 5.26 Å². The molecule has 2 aromatic heterocycles. The Kier molecular flexibility index (Phi) is 10.4. The molecule has 1 amide bonds. The van der Waals surface area contributed by atoms with Crippen LogP contribution in [0.15, 0.2) is 97.3 Å². The van der Waals surface area contributed by atoms with Crippen LogP contribution in [0.4, 0.5) is 26.2 Å². The van der Waals surface area contributed by atoms with Crippen molar-refractivity contribution in [3.8, 4) is 6.07 Å². The highest BCUT2D eigenvalue weighted by Crippen LogP contribution is 2.38. The number of amides is 1. The fraction of sp³-hybridized carbons (Fsp3) is 0.184. The molecule has 262 valence electrons. The number of ether oxygens (including phenoxy) is 1. The van der Waals surface area contributed by atoms with E-state index >= 15 is 0 Å². The average molecular weight is 756 g/mol. The highest BCUT2D eigenvalue weighted by molar-refractivity contribution is 6.32. The normalized spacial score (nSPS) is 13.8. The van der Waals surface area contributed by atoms with Gasteiger partial charge in [0, 0.05) is 40.4 Å². The molecule has 1 atom stereocenters. The summed E-state index contributed by atoms with van der Waals surface area (Å²) >= 11 is 19.0. The number of halogens is 4. The summed E-state index contributed by atoms with van der Waals surface area (Å²) in [7, 11) is 0. The standard InChI is InChI=1S/C38H30Cl3FN8O2/c39-26-8-6-24(7-9-26)36(34-21-50(48-47-34)29-12-14-49(15-13-29)38(51)52-22-23-4-2-1-3-5-23)46-33-17-27(40)16-30-35(25(19-43)20-44-37(30)33)45-28-10-11-32(42)31(41)18-28/h1-11,16-18,20-21,29,36,46H,12-15,22H2,(H,44,45)/t36-/m0/s1. The molecule has 0 bridgehead atoms. The average Bonchev–Trinajstić information content (AvgIpc) is 3.65. The summed E-state index contributed by atoms with van der Waals surface area (Å²) < 4.78 is 21.3. The second kappa shape index (κ2) is 15.5. The maximum atomic E-state index is 13.9. The number of anilines is 3. The molecule has 1 aliphatic heterocycles. The number of hydrogen-bond donors (Lipinski definition) is 2. The fourth-order valence-electron chi connectivity index (χ4n) is 6.18. The number of pyridine rings is 1. The maximum Gasteiger partial charge on any atom is 0.410 e. The van der Waals surface area contributed by atoms with Crippen molar-refractivity contribution in [2.45, 2.75) is 31.5 Å². The Labute approximate surface area is 313 Å². The van der Waals surface area contributed by atoms with E-state index in [0.29, 0.717) is 69.6 Å². The predicted octanol–water partition coefficient (Wildman–Crippen LogP) is 9.72. The number of nitriles is 1. The van der Waals surface area contributed by atoms with Crippen LogP contribution >= 0.6 is 34.8 Å². The lowest BCUT2D eigenvalue weighted by Gasteiger charge is -2.31. The lowest BCUT2D eigenvalue weighted by Crippen LogP contribution is -2.39. The smallest absolute Gasteiger partial charge is 0.410 e. The zero-order valence-corrected chi connectivity index (χ0v) is 29.7. The van der Waals surface area contributed by atoms with Crippen molar-refractivity contribution >= 4 is 68.9 Å². The first-order valence-corrected chi connectivity index (χ1v) is 17.5. The third-order valence-electron chi connectivity index (χ3n) is 8.87. The van der Waals surface area contributed by atoms with Crippen molar-refractivity contribution in [1.82, 2.24) is 24.9 Å². The molecule has 10 nitrogen and oxygen atoms in total. The number of benzene rings is 4. The SMILES string of the molecule is N#Cc1cnc2c(N[C@@H](c3ccc(Cl)cc3)c3cn(C4CCN(C(=O)OCc5ccccc5)CC4)nn3)cc(Cl)cc2c1Nc1ccc(F)c(Cl)c1. The van der Waals surface area contributed by atoms with Gasteiger partial charge < -0.3 is 20.3 Å². The van der Waals surface area contributed by atoms with Gasteiger partial charge in [0.25, 0.3) is 0 Å². The van der Waals surface area contributed by atoms with Gasteiger partial charge in [-0.25, -0.2) is 13.9 Å². The van der Waals surface area contributed by atoms with Crippen LogP contribution in [0.5, 0.6) is 0 Å². The summed E-state index contributed by atoms with van der Waals surface area (Å²) in [4.78, 5) is 19.1. The number of aromatic nitrogens is 4. The van der Waals surface area contributed by atoms with Gasteiger partial charge in [-0.3, -0.25) is 4.98 Å². The summed E-state index contributed by atoms with van der Waals surface area (Å²) in [6.07, 6.45) is 4.40. The Morgan fingerprint density at radius 2 is 1.77 bits per heavy atom. The molecule has 0 spiro atoms. The van der Waals surface area contributed by atoms with Gasteiger partial charge >= 0.3 is 6.09 Å². The molecule has 2 N–H and O–H groups in total. The van der Waals surface area contributed by atoms with Crippen LogP contribution in [-0.2, 0) is 11.3 Å². The van der Waals surface area contributed by atoms with E-state index in [4.69, 9.17) is 39.5 Å². The van der Waals surface area contributed by atoms with Crippen molar-refractivity contribution in [2.75, 3.05) is 23.7 Å². The predicted molar refractivity (Wildman–Crippen MR) is 200 cm³/mol. The first-order chi connectivity index (χ1) is 25.2. The molecule has 7 rings (SSSR count). The van der Waals surface area contributed by atoms with Gasteiger partial charge in [0.2, 0.25) is 0 Å². The summed E-state index contributed by atoms with van der Waals surface area (Å²) in [5.41, 5.74) is 4.70.